The molecular weight excluding hydrogens is 216 g/mol. The molecule has 104 valence electrons. The fourth-order valence-electron chi connectivity index (χ4n) is 5.42. The van der Waals surface area contributed by atoms with E-state index < -0.39 is 0 Å². The smallest absolute Gasteiger partial charge is 0.0269 e. The normalized spacial score (nSPS) is 53.0. The lowest BCUT2D eigenvalue weighted by Crippen LogP contribution is -2.17. The average Bonchev–Trinajstić information content (AvgIpc) is 2.79. The van der Waals surface area contributed by atoms with Crippen LogP contribution in [0.25, 0.3) is 0 Å². The second-order valence-corrected chi connectivity index (χ2v) is 8.44. The maximum atomic E-state index is 2.57. The van der Waals surface area contributed by atoms with Gasteiger partial charge in [0.15, 0.2) is 0 Å². The maximum Gasteiger partial charge on any atom is -0.0269 e. The van der Waals surface area contributed by atoms with Crippen molar-refractivity contribution in [3.8, 4) is 0 Å². The Kier molecular flexibility index (Phi) is 3.07. The van der Waals surface area contributed by atoms with Crippen molar-refractivity contribution in [1.29, 1.82) is 0 Å². The highest BCUT2D eigenvalue weighted by molar-refractivity contribution is 5.07. The Morgan fingerprint density at radius 2 is 1.78 bits per heavy atom. The van der Waals surface area contributed by atoms with Gasteiger partial charge in [0.2, 0.25) is 0 Å². The van der Waals surface area contributed by atoms with Crippen molar-refractivity contribution in [1.82, 2.24) is 0 Å². The molecule has 0 saturated heterocycles. The van der Waals surface area contributed by atoms with E-state index in [0.29, 0.717) is 0 Å². The van der Waals surface area contributed by atoms with E-state index in [2.05, 4.69) is 27.7 Å². The summed E-state index contributed by atoms with van der Waals surface area (Å²) in [4.78, 5) is 0. The number of rotatable bonds is 3. The largest absolute Gasteiger partial charge is 0.0651 e. The molecule has 3 rings (SSSR count). The zero-order valence-electron chi connectivity index (χ0n) is 13.0. The first-order chi connectivity index (χ1) is 8.49. The predicted octanol–water partition coefficient (Wildman–Crippen LogP) is 5.67. The van der Waals surface area contributed by atoms with Crippen molar-refractivity contribution >= 4 is 0 Å². The van der Waals surface area contributed by atoms with Crippen LogP contribution in [0.3, 0.4) is 0 Å². The van der Waals surface area contributed by atoms with E-state index in [1.165, 1.54) is 19.3 Å². The Morgan fingerprint density at radius 3 is 2.39 bits per heavy atom. The maximum absolute atomic E-state index is 2.57. The summed E-state index contributed by atoms with van der Waals surface area (Å²) in [5.41, 5.74) is 1.54. The Bertz CT molecular complexity index is 320. The van der Waals surface area contributed by atoms with Crippen LogP contribution in [0.1, 0.15) is 79.1 Å². The molecule has 0 heteroatoms. The Balaban J connectivity index is 1.62. The topological polar surface area (TPSA) is 0 Å². The van der Waals surface area contributed by atoms with E-state index in [0.717, 1.165) is 34.5 Å². The van der Waals surface area contributed by atoms with Crippen molar-refractivity contribution in [2.45, 2.75) is 79.1 Å². The van der Waals surface area contributed by atoms with Crippen LogP contribution in [0.4, 0.5) is 0 Å². The molecule has 0 aromatic carbocycles. The van der Waals surface area contributed by atoms with Crippen molar-refractivity contribution in [3.63, 3.8) is 0 Å². The Labute approximate surface area is 114 Å². The molecule has 1 spiro atoms. The molecule has 0 N–H and O–H groups in total. The van der Waals surface area contributed by atoms with E-state index in [1.54, 1.807) is 32.1 Å². The predicted molar refractivity (Wildman–Crippen MR) is 78.5 cm³/mol. The second kappa shape index (κ2) is 4.25. The highest BCUT2D eigenvalue weighted by Crippen LogP contribution is 2.67. The zero-order valence-corrected chi connectivity index (χ0v) is 13.0. The van der Waals surface area contributed by atoms with Gasteiger partial charge in [-0.3, -0.25) is 0 Å². The summed E-state index contributed by atoms with van der Waals surface area (Å²) in [6, 6.07) is 0. The van der Waals surface area contributed by atoms with Crippen molar-refractivity contribution < 1.29 is 0 Å². The van der Waals surface area contributed by atoms with Crippen LogP contribution >= 0.6 is 0 Å². The first kappa shape index (κ1) is 13.0. The lowest BCUT2D eigenvalue weighted by Gasteiger charge is -2.27. The molecule has 6 atom stereocenters. The fraction of sp³-hybridized carbons (Fsp3) is 1.00. The zero-order chi connectivity index (χ0) is 13.0. The van der Waals surface area contributed by atoms with Gasteiger partial charge >= 0.3 is 0 Å². The minimum Gasteiger partial charge on any atom is -0.0651 e. The third-order valence-corrected chi connectivity index (χ3v) is 7.54. The minimum absolute atomic E-state index is 0.748. The highest BCUT2D eigenvalue weighted by Gasteiger charge is 2.57. The van der Waals surface area contributed by atoms with Gasteiger partial charge in [0, 0.05) is 0 Å². The van der Waals surface area contributed by atoms with E-state index in [-0.39, 0.29) is 0 Å². The molecule has 0 aromatic heterocycles. The summed E-state index contributed by atoms with van der Waals surface area (Å²) in [5, 5.41) is 0. The van der Waals surface area contributed by atoms with Crippen molar-refractivity contribution in [2.75, 3.05) is 0 Å². The molecule has 3 aliphatic rings. The van der Waals surface area contributed by atoms with E-state index >= 15 is 0 Å². The molecule has 0 nitrogen and oxygen atoms in total. The SMILES string of the molecule is CCC(C)C1CCC2(CCC(C3(C)CC3C)C2)C1. The van der Waals surface area contributed by atoms with Crippen LogP contribution in [0.15, 0.2) is 0 Å². The van der Waals surface area contributed by atoms with E-state index in [1.807, 2.05) is 0 Å². The van der Waals surface area contributed by atoms with Gasteiger partial charge in [-0.15, -0.1) is 0 Å². The lowest BCUT2D eigenvalue weighted by atomic mass is 9.78. The molecule has 0 amide bonds. The average molecular weight is 248 g/mol. The standard InChI is InChI=1S/C18H32/c1-5-13(2)15-6-8-18(11-15)9-7-16(12-18)17(4)10-14(17)3/h13-16H,5-12H2,1-4H3. The van der Waals surface area contributed by atoms with Crippen LogP contribution in [-0.4, -0.2) is 0 Å². The fourth-order valence-corrected chi connectivity index (χ4v) is 5.42. The molecule has 0 aliphatic heterocycles. The second-order valence-electron chi connectivity index (χ2n) is 8.44. The van der Waals surface area contributed by atoms with Crippen molar-refractivity contribution in [3.05, 3.63) is 0 Å². The van der Waals surface area contributed by atoms with Gasteiger partial charge in [0.25, 0.3) is 0 Å². The Hall–Kier alpha value is 0. The number of hydrogen-bond acceptors (Lipinski definition) is 0. The van der Waals surface area contributed by atoms with Gasteiger partial charge in [-0.05, 0) is 79.4 Å². The summed E-state index contributed by atoms with van der Waals surface area (Å²) >= 11 is 0. The molecule has 0 aromatic rings. The summed E-state index contributed by atoms with van der Waals surface area (Å²) in [7, 11) is 0. The molecule has 3 saturated carbocycles. The molecule has 18 heavy (non-hydrogen) atoms. The summed E-state index contributed by atoms with van der Waals surface area (Å²) in [6.07, 6.45) is 12.3. The van der Waals surface area contributed by atoms with Gasteiger partial charge in [-0.2, -0.15) is 0 Å². The van der Waals surface area contributed by atoms with Crippen LogP contribution in [0, 0.1) is 34.5 Å². The summed E-state index contributed by atoms with van der Waals surface area (Å²) < 4.78 is 0. The molecule has 0 radical (unpaired) electrons. The first-order valence-corrected chi connectivity index (χ1v) is 8.49. The van der Waals surface area contributed by atoms with Crippen LogP contribution < -0.4 is 0 Å². The number of hydrogen-bond donors (Lipinski definition) is 0. The van der Waals surface area contributed by atoms with E-state index in [4.69, 9.17) is 0 Å². The van der Waals surface area contributed by atoms with Gasteiger partial charge in [0.1, 0.15) is 0 Å². The third-order valence-electron chi connectivity index (χ3n) is 7.54. The monoisotopic (exact) mass is 248 g/mol. The molecule has 3 fully saturated rings. The van der Waals surface area contributed by atoms with Crippen molar-refractivity contribution in [2.24, 2.45) is 34.5 Å². The van der Waals surface area contributed by atoms with Crippen LogP contribution in [-0.2, 0) is 0 Å². The molecule has 0 bridgehead atoms. The molecule has 3 aliphatic carbocycles. The molecule has 6 unspecified atom stereocenters. The molecular formula is C18H32. The minimum atomic E-state index is 0.748. The molecule has 0 heterocycles. The summed E-state index contributed by atoms with van der Waals surface area (Å²) in [5.74, 6) is 4.12. The van der Waals surface area contributed by atoms with Crippen LogP contribution in [0.2, 0.25) is 0 Å². The van der Waals surface area contributed by atoms with Gasteiger partial charge < -0.3 is 0 Å². The summed E-state index contributed by atoms with van der Waals surface area (Å²) in [6.45, 7) is 9.91. The quantitative estimate of drug-likeness (QED) is 0.604. The third kappa shape index (κ3) is 1.95. The van der Waals surface area contributed by atoms with Gasteiger partial charge in [-0.25, -0.2) is 0 Å². The van der Waals surface area contributed by atoms with E-state index in [9.17, 15) is 0 Å². The lowest BCUT2D eigenvalue weighted by molar-refractivity contribution is 0.230. The first-order valence-electron chi connectivity index (χ1n) is 8.49. The van der Waals surface area contributed by atoms with Gasteiger partial charge in [-0.1, -0.05) is 34.1 Å². The van der Waals surface area contributed by atoms with Gasteiger partial charge in [0.05, 0.1) is 0 Å². The van der Waals surface area contributed by atoms with Crippen LogP contribution in [0.5, 0.6) is 0 Å². The highest BCUT2D eigenvalue weighted by atomic mass is 14.6. The Morgan fingerprint density at radius 1 is 1.11 bits per heavy atom.